The van der Waals surface area contributed by atoms with Gasteiger partial charge < -0.3 is 14.6 Å². The Balaban J connectivity index is 1.44. The quantitative estimate of drug-likeness (QED) is 0.819. The van der Waals surface area contributed by atoms with Crippen LogP contribution < -0.4 is 5.32 Å². The van der Waals surface area contributed by atoms with Gasteiger partial charge >= 0.3 is 0 Å². The number of fused-ring (bicyclic) bond motifs is 1. The molecule has 30 heavy (non-hydrogen) atoms. The van der Waals surface area contributed by atoms with Crippen LogP contribution in [-0.4, -0.2) is 51.3 Å². The van der Waals surface area contributed by atoms with E-state index in [4.69, 9.17) is 4.74 Å². The number of aromatic nitrogens is 3. The molecular formula is C23H33N5O2. The average Bonchev–Trinajstić information content (AvgIpc) is 3.03. The van der Waals surface area contributed by atoms with Crippen molar-refractivity contribution in [1.82, 2.24) is 25.0 Å². The van der Waals surface area contributed by atoms with E-state index >= 15 is 0 Å². The number of ether oxygens (including phenoxy) is 1. The smallest absolute Gasteiger partial charge is 0.289 e. The van der Waals surface area contributed by atoms with Crippen LogP contribution >= 0.6 is 0 Å². The molecule has 1 atom stereocenters. The lowest BCUT2D eigenvalue weighted by atomic mass is 9.78. The fourth-order valence-electron chi connectivity index (χ4n) is 4.46. The SMILES string of the molecule is CCC(C)NC(=O)c1nnc2n1CC1(CCN(Cc3cccc(C)c3)CC1)COC2. The average molecular weight is 412 g/mol. The Labute approximate surface area is 178 Å². The van der Waals surface area contributed by atoms with Gasteiger partial charge in [0, 0.05) is 24.5 Å². The molecule has 1 unspecified atom stereocenters. The summed E-state index contributed by atoms with van der Waals surface area (Å²) in [6.07, 6.45) is 2.97. The van der Waals surface area contributed by atoms with E-state index in [2.05, 4.69) is 58.5 Å². The molecule has 1 fully saturated rings. The van der Waals surface area contributed by atoms with Crippen LogP contribution in [0, 0.1) is 12.3 Å². The number of carbonyl (C=O) groups is 1. The minimum absolute atomic E-state index is 0.0299. The maximum atomic E-state index is 12.7. The Kier molecular flexibility index (Phi) is 6.20. The number of benzene rings is 1. The number of piperidine rings is 1. The van der Waals surface area contributed by atoms with Crippen LogP contribution in [0.5, 0.6) is 0 Å². The second-order valence-corrected chi connectivity index (χ2v) is 9.07. The number of nitrogens with one attached hydrogen (secondary N) is 1. The summed E-state index contributed by atoms with van der Waals surface area (Å²) in [6.45, 7) is 11.1. The molecule has 0 radical (unpaired) electrons. The Hall–Kier alpha value is -2.25. The Morgan fingerprint density at radius 3 is 2.83 bits per heavy atom. The summed E-state index contributed by atoms with van der Waals surface area (Å²) in [6, 6.07) is 8.87. The van der Waals surface area contributed by atoms with E-state index in [1.54, 1.807) is 0 Å². The molecule has 1 saturated heterocycles. The van der Waals surface area contributed by atoms with Crippen molar-refractivity contribution >= 4 is 5.91 Å². The number of nitrogens with zero attached hydrogens (tertiary/aromatic N) is 4. The van der Waals surface area contributed by atoms with Crippen LogP contribution in [0.25, 0.3) is 0 Å². The van der Waals surface area contributed by atoms with Crippen LogP contribution in [-0.2, 0) is 24.4 Å². The van der Waals surface area contributed by atoms with Crippen molar-refractivity contribution in [3.63, 3.8) is 0 Å². The van der Waals surface area contributed by atoms with Crippen molar-refractivity contribution in [3.8, 4) is 0 Å². The van der Waals surface area contributed by atoms with Gasteiger partial charge in [0.25, 0.3) is 5.91 Å². The second kappa shape index (κ2) is 8.86. The maximum Gasteiger partial charge on any atom is 0.289 e. The number of aryl methyl sites for hydroxylation is 1. The molecule has 0 saturated carbocycles. The molecule has 0 bridgehead atoms. The zero-order valence-corrected chi connectivity index (χ0v) is 18.4. The van der Waals surface area contributed by atoms with Gasteiger partial charge in [0.05, 0.1) is 6.61 Å². The number of carbonyl (C=O) groups excluding carboxylic acids is 1. The van der Waals surface area contributed by atoms with Gasteiger partial charge in [0.1, 0.15) is 6.61 Å². The summed E-state index contributed by atoms with van der Waals surface area (Å²) in [5.41, 5.74) is 2.71. The minimum atomic E-state index is -0.142. The van der Waals surface area contributed by atoms with Crippen molar-refractivity contribution in [3.05, 3.63) is 47.0 Å². The zero-order chi connectivity index (χ0) is 21.1. The number of likely N-dealkylation sites (tertiary alicyclic amines) is 1. The Bertz CT molecular complexity index is 885. The molecule has 7 heteroatoms. The van der Waals surface area contributed by atoms with Gasteiger partial charge in [0.15, 0.2) is 5.82 Å². The van der Waals surface area contributed by atoms with Gasteiger partial charge in [-0.2, -0.15) is 0 Å². The molecule has 7 nitrogen and oxygen atoms in total. The summed E-state index contributed by atoms with van der Waals surface area (Å²) in [7, 11) is 0. The summed E-state index contributed by atoms with van der Waals surface area (Å²) in [4.78, 5) is 15.3. The minimum Gasteiger partial charge on any atom is -0.373 e. The topological polar surface area (TPSA) is 72.3 Å². The molecule has 3 heterocycles. The lowest BCUT2D eigenvalue weighted by molar-refractivity contribution is -0.00570. The van der Waals surface area contributed by atoms with Crippen LogP contribution in [0.15, 0.2) is 24.3 Å². The lowest BCUT2D eigenvalue weighted by Crippen LogP contribution is -2.44. The molecule has 1 aromatic carbocycles. The molecule has 1 amide bonds. The zero-order valence-electron chi connectivity index (χ0n) is 18.4. The molecule has 2 aliphatic heterocycles. The van der Waals surface area contributed by atoms with E-state index in [0.29, 0.717) is 19.0 Å². The van der Waals surface area contributed by atoms with Gasteiger partial charge in [-0.25, -0.2) is 0 Å². The van der Waals surface area contributed by atoms with Crippen LogP contribution in [0.2, 0.25) is 0 Å². The highest BCUT2D eigenvalue weighted by atomic mass is 16.5. The number of rotatable bonds is 5. The first-order valence-electron chi connectivity index (χ1n) is 11.1. The lowest BCUT2D eigenvalue weighted by Gasteiger charge is -2.41. The highest BCUT2D eigenvalue weighted by Gasteiger charge is 2.39. The number of amides is 1. The van der Waals surface area contributed by atoms with Crippen molar-refractivity contribution < 1.29 is 9.53 Å². The summed E-state index contributed by atoms with van der Waals surface area (Å²) < 4.78 is 8.01. The summed E-state index contributed by atoms with van der Waals surface area (Å²) in [5.74, 6) is 1.03. The third-order valence-corrected chi connectivity index (χ3v) is 6.56. The predicted octanol–water partition coefficient (Wildman–Crippen LogP) is 2.93. The summed E-state index contributed by atoms with van der Waals surface area (Å²) >= 11 is 0. The molecule has 1 spiro atoms. The van der Waals surface area contributed by atoms with Gasteiger partial charge in [-0.1, -0.05) is 36.8 Å². The van der Waals surface area contributed by atoms with Crippen molar-refractivity contribution in [2.75, 3.05) is 19.7 Å². The van der Waals surface area contributed by atoms with E-state index in [-0.39, 0.29) is 17.4 Å². The highest BCUT2D eigenvalue weighted by Crippen LogP contribution is 2.36. The molecular weight excluding hydrogens is 378 g/mol. The van der Waals surface area contributed by atoms with Crippen molar-refractivity contribution in [2.45, 2.75) is 65.8 Å². The molecule has 162 valence electrons. The molecule has 2 aromatic rings. The molecule has 2 aliphatic rings. The summed E-state index contributed by atoms with van der Waals surface area (Å²) in [5, 5.41) is 11.5. The van der Waals surface area contributed by atoms with Crippen LogP contribution in [0.1, 0.15) is 60.7 Å². The van der Waals surface area contributed by atoms with Gasteiger partial charge in [-0.3, -0.25) is 9.69 Å². The number of hydrogen-bond acceptors (Lipinski definition) is 5. The largest absolute Gasteiger partial charge is 0.373 e. The van der Waals surface area contributed by atoms with Crippen molar-refractivity contribution in [1.29, 1.82) is 0 Å². The third kappa shape index (κ3) is 4.57. The Morgan fingerprint density at radius 1 is 1.30 bits per heavy atom. The third-order valence-electron chi connectivity index (χ3n) is 6.56. The maximum absolute atomic E-state index is 12.7. The molecule has 1 aromatic heterocycles. The van der Waals surface area contributed by atoms with Gasteiger partial charge in [-0.15, -0.1) is 10.2 Å². The van der Waals surface area contributed by atoms with Crippen LogP contribution in [0.4, 0.5) is 0 Å². The van der Waals surface area contributed by atoms with E-state index in [9.17, 15) is 4.79 Å². The standard InChI is InChI=1S/C23H33N5O2/c1-4-18(3)24-22(29)21-26-25-20-14-30-16-23(15-28(20)21)8-10-27(11-9-23)13-19-7-5-6-17(2)12-19/h5-7,12,18H,4,8-11,13-16H2,1-3H3,(H,24,29). The normalized spacial score (nSPS) is 19.8. The fraction of sp³-hybridized carbons (Fsp3) is 0.609. The van der Waals surface area contributed by atoms with E-state index in [0.717, 1.165) is 51.3 Å². The highest BCUT2D eigenvalue weighted by molar-refractivity contribution is 5.90. The van der Waals surface area contributed by atoms with Crippen molar-refractivity contribution in [2.24, 2.45) is 5.41 Å². The second-order valence-electron chi connectivity index (χ2n) is 9.07. The molecule has 1 N–H and O–H groups in total. The van der Waals surface area contributed by atoms with E-state index < -0.39 is 0 Å². The van der Waals surface area contributed by atoms with Crippen LogP contribution in [0.3, 0.4) is 0 Å². The fourth-order valence-corrected chi connectivity index (χ4v) is 4.46. The van der Waals surface area contributed by atoms with Gasteiger partial charge in [-0.05, 0) is 51.8 Å². The molecule has 0 aliphatic carbocycles. The first kappa shape index (κ1) is 21.0. The Morgan fingerprint density at radius 2 is 2.10 bits per heavy atom. The number of hydrogen-bond donors (Lipinski definition) is 1. The first-order chi connectivity index (χ1) is 14.5. The molecule has 4 rings (SSSR count). The predicted molar refractivity (Wildman–Crippen MR) is 115 cm³/mol. The van der Waals surface area contributed by atoms with E-state index in [1.807, 2.05) is 11.5 Å². The van der Waals surface area contributed by atoms with E-state index in [1.165, 1.54) is 11.1 Å². The van der Waals surface area contributed by atoms with Gasteiger partial charge in [0.2, 0.25) is 5.82 Å². The monoisotopic (exact) mass is 411 g/mol. The first-order valence-corrected chi connectivity index (χ1v) is 11.1.